The van der Waals surface area contributed by atoms with Gasteiger partial charge in [-0.2, -0.15) is 0 Å². The van der Waals surface area contributed by atoms with Crippen molar-refractivity contribution in [1.82, 2.24) is 10.2 Å². The number of benzene rings is 1. The highest BCUT2D eigenvalue weighted by Gasteiger charge is 2.24. The molecule has 0 aromatic heterocycles. The highest BCUT2D eigenvalue weighted by atomic mass is 16.5. The molecule has 140 valence electrons. The lowest BCUT2D eigenvalue weighted by atomic mass is 10.0. The number of phenolic OH excluding ortho intramolecular Hbond substituents is 1. The third kappa shape index (κ3) is 3.80. The Morgan fingerprint density at radius 2 is 2.04 bits per heavy atom. The van der Waals surface area contributed by atoms with Crippen molar-refractivity contribution in [2.75, 3.05) is 19.6 Å². The van der Waals surface area contributed by atoms with E-state index in [1.165, 1.54) is 12.8 Å². The second kappa shape index (κ2) is 7.58. The molecule has 1 aromatic carbocycles. The summed E-state index contributed by atoms with van der Waals surface area (Å²) in [5.74, 6) is 1.57. The summed E-state index contributed by atoms with van der Waals surface area (Å²) in [5, 5.41) is 13.8. The molecule has 2 heterocycles. The molecule has 1 atom stereocenters. The molecule has 6 nitrogen and oxygen atoms in total. The molecule has 1 saturated carbocycles. The lowest BCUT2D eigenvalue weighted by Gasteiger charge is -2.35. The van der Waals surface area contributed by atoms with E-state index in [1.807, 2.05) is 18.3 Å². The van der Waals surface area contributed by atoms with Gasteiger partial charge in [-0.3, -0.25) is 0 Å². The average Bonchev–Trinajstić information content (AvgIpc) is 3.16. The lowest BCUT2D eigenvalue weighted by molar-refractivity contribution is 0.209. The highest BCUT2D eigenvalue weighted by molar-refractivity contribution is 5.91. The van der Waals surface area contributed by atoms with Crippen LogP contribution in [0.25, 0.3) is 5.70 Å². The van der Waals surface area contributed by atoms with E-state index in [2.05, 4.69) is 15.2 Å². The van der Waals surface area contributed by atoms with Crippen LogP contribution in [-0.2, 0) is 0 Å². The molecule has 0 amide bonds. The summed E-state index contributed by atoms with van der Waals surface area (Å²) in [7, 11) is 0. The Morgan fingerprint density at radius 3 is 2.81 bits per heavy atom. The number of nitrogens with two attached hydrogens (primary N) is 1. The summed E-state index contributed by atoms with van der Waals surface area (Å²) in [5.41, 5.74) is 7.49. The first-order chi connectivity index (χ1) is 12.7. The van der Waals surface area contributed by atoms with E-state index in [4.69, 9.17) is 10.5 Å². The fourth-order valence-electron chi connectivity index (χ4n) is 4.08. The van der Waals surface area contributed by atoms with Crippen LogP contribution in [0.15, 0.2) is 29.4 Å². The van der Waals surface area contributed by atoms with Crippen LogP contribution in [0, 0.1) is 0 Å². The maximum absolute atomic E-state index is 10.4. The van der Waals surface area contributed by atoms with Crippen molar-refractivity contribution in [3.05, 3.63) is 30.0 Å². The smallest absolute Gasteiger partial charge is 0.125 e. The van der Waals surface area contributed by atoms with Gasteiger partial charge in [0.05, 0.1) is 18.3 Å². The fourth-order valence-corrected chi connectivity index (χ4v) is 4.08. The first-order valence-electron chi connectivity index (χ1n) is 9.70. The molecule has 2 fully saturated rings. The van der Waals surface area contributed by atoms with Gasteiger partial charge in [-0.15, -0.1) is 0 Å². The zero-order valence-corrected chi connectivity index (χ0v) is 15.2. The third-order valence-electron chi connectivity index (χ3n) is 5.49. The summed E-state index contributed by atoms with van der Waals surface area (Å²) in [6.45, 7) is 2.66. The number of ether oxygens (including phenoxy) is 1. The van der Waals surface area contributed by atoms with Crippen LogP contribution in [-0.4, -0.2) is 47.6 Å². The van der Waals surface area contributed by atoms with Gasteiger partial charge >= 0.3 is 0 Å². The lowest BCUT2D eigenvalue weighted by Crippen LogP contribution is -2.47. The van der Waals surface area contributed by atoms with Gasteiger partial charge in [0.1, 0.15) is 17.3 Å². The number of nitrogens with zero attached hydrogens (tertiary/aromatic N) is 2. The molecule has 6 heteroatoms. The van der Waals surface area contributed by atoms with Gasteiger partial charge in [-0.05, 0) is 63.3 Å². The predicted octanol–water partition coefficient (Wildman–Crippen LogP) is 2.44. The summed E-state index contributed by atoms with van der Waals surface area (Å²) >= 11 is 0. The van der Waals surface area contributed by atoms with Crippen LogP contribution in [0.1, 0.15) is 44.1 Å². The van der Waals surface area contributed by atoms with E-state index in [0.29, 0.717) is 29.7 Å². The topological polar surface area (TPSA) is 83.1 Å². The largest absolute Gasteiger partial charge is 0.507 e. The second-order valence-electron chi connectivity index (χ2n) is 7.49. The van der Waals surface area contributed by atoms with Crippen LogP contribution >= 0.6 is 0 Å². The molecule has 2 aliphatic heterocycles. The number of aliphatic imine (C=N–C) groups is 1. The van der Waals surface area contributed by atoms with E-state index in [-0.39, 0.29) is 11.9 Å². The maximum Gasteiger partial charge on any atom is 0.125 e. The molecule has 26 heavy (non-hydrogen) atoms. The number of amidine groups is 1. The molecule has 1 unspecified atom stereocenters. The minimum absolute atomic E-state index is 0.204. The number of hydrogen-bond donors (Lipinski definition) is 3. The van der Waals surface area contributed by atoms with E-state index < -0.39 is 0 Å². The number of nitrogens with one attached hydrogen (secondary N) is 1. The van der Waals surface area contributed by atoms with E-state index >= 15 is 0 Å². The Morgan fingerprint density at radius 1 is 1.19 bits per heavy atom. The van der Waals surface area contributed by atoms with E-state index in [9.17, 15) is 5.11 Å². The number of aromatic hydroxyl groups is 1. The molecular formula is C20H28N4O2. The zero-order chi connectivity index (χ0) is 17.9. The van der Waals surface area contributed by atoms with Gasteiger partial charge in [0.25, 0.3) is 0 Å². The first-order valence-corrected chi connectivity index (χ1v) is 9.70. The molecule has 4 N–H and O–H groups in total. The van der Waals surface area contributed by atoms with Crippen molar-refractivity contribution in [2.45, 2.75) is 50.7 Å². The van der Waals surface area contributed by atoms with Crippen LogP contribution in [0.4, 0.5) is 0 Å². The zero-order valence-electron chi connectivity index (χ0n) is 15.2. The molecule has 1 saturated heterocycles. The summed E-state index contributed by atoms with van der Waals surface area (Å²) < 4.78 is 6.09. The summed E-state index contributed by atoms with van der Waals surface area (Å²) in [4.78, 5) is 6.75. The van der Waals surface area contributed by atoms with Gasteiger partial charge in [0.2, 0.25) is 0 Å². The van der Waals surface area contributed by atoms with Crippen LogP contribution in [0.2, 0.25) is 0 Å². The number of piperidine rings is 1. The Bertz CT molecular complexity index is 704. The van der Waals surface area contributed by atoms with Gasteiger partial charge in [-0.25, -0.2) is 4.99 Å². The Balaban J connectivity index is 1.58. The van der Waals surface area contributed by atoms with Crippen molar-refractivity contribution in [2.24, 2.45) is 10.7 Å². The van der Waals surface area contributed by atoms with Crippen LogP contribution < -0.4 is 15.8 Å². The van der Waals surface area contributed by atoms with Crippen molar-refractivity contribution in [1.29, 1.82) is 0 Å². The SMILES string of the molecule is NC1=NC(c2cc(OC3CCCC3)ccc2O)=CN(C2CCCNC2)C1. The second-order valence-corrected chi connectivity index (χ2v) is 7.49. The maximum atomic E-state index is 10.4. The molecule has 0 bridgehead atoms. The number of rotatable bonds is 4. The number of phenols is 1. The van der Waals surface area contributed by atoms with E-state index in [1.54, 1.807) is 6.07 Å². The molecule has 1 aromatic rings. The molecular weight excluding hydrogens is 328 g/mol. The Hall–Kier alpha value is -2.21. The van der Waals surface area contributed by atoms with Gasteiger partial charge in [-0.1, -0.05) is 0 Å². The van der Waals surface area contributed by atoms with Crippen LogP contribution in [0.5, 0.6) is 11.5 Å². The van der Waals surface area contributed by atoms with Crippen molar-refractivity contribution < 1.29 is 9.84 Å². The van der Waals surface area contributed by atoms with E-state index in [0.717, 1.165) is 44.5 Å². The third-order valence-corrected chi connectivity index (χ3v) is 5.49. The fraction of sp³-hybridized carbons (Fsp3) is 0.550. The first kappa shape index (κ1) is 17.2. The minimum Gasteiger partial charge on any atom is -0.507 e. The Kier molecular flexibility index (Phi) is 5.02. The molecule has 1 aliphatic carbocycles. The highest BCUT2D eigenvalue weighted by Crippen LogP contribution is 2.33. The average molecular weight is 356 g/mol. The molecule has 0 spiro atoms. The van der Waals surface area contributed by atoms with Crippen molar-refractivity contribution in [3.63, 3.8) is 0 Å². The quantitative estimate of drug-likeness (QED) is 0.772. The Labute approximate surface area is 154 Å². The van der Waals surface area contributed by atoms with Gasteiger partial charge in [0.15, 0.2) is 0 Å². The standard InChI is InChI=1S/C20H28N4O2/c21-20-13-24(14-4-3-9-22-11-14)12-18(23-20)17-10-16(7-8-19(17)25)26-15-5-1-2-6-15/h7-8,10,12,14-15,22,25H,1-6,9,11,13H2,(H2,21,23). The van der Waals surface area contributed by atoms with Crippen molar-refractivity contribution in [3.8, 4) is 11.5 Å². The summed E-state index contributed by atoms with van der Waals surface area (Å²) in [6.07, 6.45) is 9.28. The normalized spacial score (nSPS) is 24.3. The predicted molar refractivity (Wildman–Crippen MR) is 103 cm³/mol. The molecule has 3 aliphatic rings. The molecule has 0 radical (unpaired) electrons. The summed E-state index contributed by atoms with van der Waals surface area (Å²) in [6, 6.07) is 5.82. The molecule has 4 rings (SSSR count). The van der Waals surface area contributed by atoms with Crippen LogP contribution in [0.3, 0.4) is 0 Å². The minimum atomic E-state index is 0.204. The van der Waals surface area contributed by atoms with Crippen molar-refractivity contribution >= 4 is 11.5 Å². The van der Waals surface area contributed by atoms with Gasteiger partial charge in [0, 0.05) is 24.4 Å². The van der Waals surface area contributed by atoms with Gasteiger partial charge < -0.3 is 25.8 Å². The number of hydrogen-bond acceptors (Lipinski definition) is 6. The monoisotopic (exact) mass is 356 g/mol.